The summed E-state index contributed by atoms with van der Waals surface area (Å²) in [7, 11) is 1.60. The molecule has 1 aromatic heterocycles. The van der Waals surface area contributed by atoms with Crippen molar-refractivity contribution in [2.45, 2.75) is 37.9 Å². The van der Waals surface area contributed by atoms with Gasteiger partial charge in [-0.15, -0.1) is 0 Å². The van der Waals surface area contributed by atoms with Crippen molar-refractivity contribution in [3.8, 4) is 5.88 Å². The van der Waals surface area contributed by atoms with Crippen molar-refractivity contribution < 1.29 is 20.2 Å². The Balaban J connectivity index is 1.98. The number of hydrogen-bond donors (Lipinski definition) is 2. The summed E-state index contributed by atoms with van der Waals surface area (Å²) in [5, 5.41) is 9.43. The number of aromatic nitrogens is 1. The van der Waals surface area contributed by atoms with Crippen LogP contribution in [0.4, 0.5) is 5.69 Å². The van der Waals surface area contributed by atoms with Gasteiger partial charge in [0.1, 0.15) is 6.10 Å². The molecule has 5 nitrogen and oxygen atoms in total. The van der Waals surface area contributed by atoms with E-state index in [1.54, 1.807) is 18.8 Å². The summed E-state index contributed by atoms with van der Waals surface area (Å²) in [5.41, 5.74) is 2.47. The summed E-state index contributed by atoms with van der Waals surface area (Å²) < 4.78 is 5.85. The molecule has 0 bridgehead atoms. The molecule has 0 radical (unpaired) electrons. The molecule has 3 N–H and O–H groups in total. The summed E-state index contributed by atoms with van der Waals surface area (Å²) in [6, 6.07) is 3.76. The van der Waals surface area contributed by atoms with Gasteiger partial charge in [0, 0.05) is 12.3 Å². The minimum absolute atomic E-state index is 0.150. The van der Waals surface area contributed by atoms with E-state index in [1.165, 1.54) is 0 Å². The number of nitrogens with zero attached hydrogens (tertiary/aromatic N) is 1. The number of quaternary nitrogens is 1. The third-order valence-corrected chi connectivity index (χ3v) is 2.97. The summed E-state index contributed by atoms with van der Waals surface area (Å²) in [6.45, 7) is 0. The zero-order valence-electron chi connectivity index (χ0n) is 10.0. The molecule has 0 amide bonds. The summed E-state index contributed by atoms with van der Waals surface area (Å²) in [4.78, 5) is 9.20. The van der Waals surface area contributed by atoms with Gasteiger partial charge in [-0.2, -0.15) is 5.48 Å². The van der Waals surface area contributed by atoms with Gasteiger partial charge in [0.05, 0.1) is 13.2 Å². The van der Waals surface area contributed by atoms with E-state index in [9.17, 15) is 5.11 Å². The first-order valence-corrected chi connectivity index (χ1v) is 5.95. The highest BCUT2D eigenvalue weighted by molar-refractivity contribution is 5.38. The van der Waals surface area contributed by atoms with Crippen molar-refractivity contribution in [1.82, 2.24) is 4.98 Å². The second-order valence-corrected chi connectivity index (χ2v) is 4.30. The van der Waals surface area contributed by atoms with Gasteiger partial charge < -0.3 is 9.84 Å². The normalized spacial score (nSPS) is 24.6. The second-order valence-electron chi connectivity index (χ2n) is 4.30. The second kappa shape index (κ2) is 5.95. The lowest BCUT2D eigenvalue weighted by molar-refractivity contribution is -0.830. The van der Waals surface area contributed by atoms with Crippen LogP contribution in [-0.4, -0.2) is 29.4 Å². The van der Waals surface area contributed by atoms with Gasteiger partial charge in [-0.05, 0) is 31.7 Å². The van der Waals surface area contributed by atoms with Crippen LogP contribution in [0.5, 0.6) is 5.88 Å². The Labute approximate surface area is 101 Å². The monoisotopic (exact) mass is 239 g/mol. The van der Waals surface area contributed by atoms with Crippen molar-refractivity contribution in [1.29, 1.82) is 0 Å². The van der Waals surface area contributed by atoms with Gasteiger partial charge in [-0.1, -0.05) is 0 Å². The lowest BCUT2D eigenvalue weighted by Gasteiger charge is -2.25. The molecule has 1 aromatic rings. The predicted octanol–water partition coefficient (Wildman–Crippen LogP) is 0.520. The topological polar surface area (TPSA) is 68.2 Å². The van der Waals surface area contributed by atoms with Gasteiger partial charge in [0.25, 0.3) is 5.88 Å². The van der Waals surface area contributed by atoms with Crippen molar-refractivity contribution in [2.75, 3.05) is 7.11 Å². The molecular formula is C12H19N2O3+. The zero-order valence-corrected chi connectivity index (χ0v) is 10.0. The fourth-order valence-corrected chi connectivity index (χ4v) is 2.04. The number of aliphatic hydroxyl groups excluding tert-OH is 1. The Bertz CT molecular complexity index is 351. The average molecular weight is 239 g/mol. The Kier molecular flexibility index (Phi) is 4.30. The number of nitrogens with two attached hydrogens (primary N) is 1. The van der Waals surface area contributed by atoms with Crippen LogP contribution >= 0.6 is 0 Å². The van der Waals surface area contributed by atoms with Crippen LogP contribution < -0.4 is 10.2 Å². The molecule has 2 rings (SSSR count). The molecule has 0 unspecified atom stereocenters. The predicted molar refractivity (Wildman–Crippen MR) is 61.7 cm³/mol. The largest absolute Gasteiger partial charge is 0.470 e. The molecule has 0 aromatic carbocycles. The summed E-state index contributed by atoms with van der Waals surface area (Å²) in [6.07, 6.45) is 5.07. The maximum atomic E-state index is 9.43. The Morgan fingerprint density at radius 2 is 2.12 bits per heavy atom. The first kappa shape index (κ1) is 12.3. The van der Waals surface area contributed by atoms with Crippen molar-refractivity contribution >= 4 is 5.69 Å². The van der Waals surface area contributed by atoms with Crippen LogP contribution in [0, 0.1) is 0 Å². The fourth-order valence-electron chi connectivity index (χ4n) is 2.04. The van der Waals surface area contributed by atoms with Crippen LogP contribution in [0.15, 0.2) is 18.3 Å². The SMILES string of the molecule is CO[NH2+]c1cccnc1OC1CCC(O)CC1. The van der Waals surface area contributed by atoms with Crippen LogP contribution in [0.3, 0.4) is 0 Å². The van der Waals surface area contributed by atoms with Gasteiger partial charge in [-0.25, -0.2) is 9.82 Å². The Morgan fingerprint density at radius 1 is 1.35 bits per heavy atom. The van der Waals surface area contributed by atoms with Crippen LogP contribution in [0.25, 0.3) is 0 Å². The zero-order chi connectivity index (χ0) is 12.1. The van der Waals surface area contributed by atoms with E-state index in [-0.39, 0.29) is 12.2 Å². The van der Waals surface area contributed by atoms with Gasteiger partial charge >= 0.3 is 0 Å². The molecule has 0 atom stereocenters. The van der Waals surface area contributed by atoms with Gasteiger partial charge in [0.2, 0.25) is 5.69 Å². The lowest BCUT2D eigenvalue weighted by Crippen LogP contribution is -2.76. The maximum Gasteiger partial charge on any atom is 0.280 e. The maximum absolute atomic E-state index is 9.43. The van der Waals surface area contributed by atoms with Crippen molar-refractivity contribution in [2.24, 2.45) is 0 Å². The smallest absolute Gasteiger partial charge is 0.280 e. The Hall–Kier alpha value is -1.17. The fraction of sp³-hybridized carbons (Fsp3) is 0.583. The molecule has 1 saturated carbocycles. The molecule has 1 fully saturated rings. The van der Waals surface area contributed by atoms with Crippen molar-refractivity contribution in [3.05, 3.63) is 18.3 Å². The highest BCUT2D eigenvalue weighted by atomic mass is 16.6. The van der Waals surface area contributed by atoms with E-state index >= 15 is 0 Å². The molecule has 1 aliphatic carbocycles. The number of hydrogen-bond acceptors (Lipinski definition) is 4. The number of aliphatic hydroxyl groups is 1. The molecule has 0 saturated heterocycles. The van der Waals surface area contributed by atoms with Gasteiger partial charge in [0.15, 0.2) is 0 Å². The lowest BCUT2D eigenvalue weighted by atomic mass is 9.95. The molecule has 1 aliphatic rings. The van der Waals surface area contributed by atoms with E-state index in [1.807, 2.05) is 12.1 Å². The highest BCUT2D eigenvalue weighted by Gasteiger charge is 2.22. The quantitative estimate of drug-likeness (QED) is 0.752. The third kappa shape index (κ3) is 3.39. The number of ether oxygens (including phenoxy) is 1. The first-order valence-electron chi connectivity index (χ1n) is 5.95. The summed E-state index contributed by atoms with van der Waals surface area (Å²) >= 11 is 0. The Morgan fingerprint density at radius 3 is 2.82 bits per heavy atom. The van der Waals surface area contributed by atoms with E-state index in [0.717, 1.165) is 31.4 Å². The van der Waals surface area contributed by atoms with E-state index in [2.05, 4.69) is 4.98 Å². The van der Waals surface area contributed by atoms with E-state index < -0.39 is 0 Å². The molecule has 0 spiro atoms. The van der Waals surface area contributed by atoms with Crippen molar-refractivity contribution in [3.63, 3.8) is 0 Å². The number of rotatable bonds is 4. The van der Waals surface area contributed by atoms with E-state index in [4.69, 9.17) is 9.57 Å². The summed E-state index contributed by atoms with van der Waals surface area (Å²) in [5.74, 6) is 0.607. The van der Waals surface area contributed by atoms with Crippen LogP contribution in [0.1, 0.15) is 25.7 Å². The minimum atomic E-state index is -0.163. The van der Waals surface area contributed by atoms with Crippen LogP contribution in [0.2, 0.25) is 0 Å². The number of pyridine rings is 1. The molecule has 94 valence electrons. The minimum Gasteiger partial charge on any atom is -0.470 e. The third-order valence-electron chi connectivity index (χ3n) is 2.97. The molecule has 1 heterocycles. The highest BCUT2D eigenvalue weighted by Crippen LogP contribution is 2.25. The van der Waals surface area contributed by atoms with Gasteiger partial charge in [-0.3, -0.25) is 0 Å². The molecule has 0 aliphatic heterocycles. The van der Waals surface area contributed by atoms with E-state index in [0.29, 0.717) is 5.88 Å². The molecule has 5 heteroatoms. The molecular weight excluding hydrogens is 220 g/mol. The van der Waals surface area contributed by atoms with Crippen LogP contribution in [-0.2, 0) is 4.84 Å². The standard InChI is InChI=1S/C12H18N2O3/c1-16-14-11-3-2-8-13-12(11)17-10-6-4-9(15)5-7-10/h2-3,8-10,14-15H,4-7H2,1H3/p+1. The first-order chi connectivity index (χ1) is 8.29. The average Bonchev–Trinajstić information content (AvgIpc) is 2.35. The molecule has 17 heavy (non-hydrogen) atoms.